The molecule has 0 atom stereocenters. The molecular weight excluding hydrogens is 566 g/mol. The Morgan fingerprint density at radius 3 is 2.40 bits per heavy atom. The number of para-hydroxylation sites is 1. The number of rotatable bonds is 7. The second-order valence-electron chi connectivity index (χ2n) is 10.3. The molecule has 0 unspecified atom stereocenters. The molecule has 0 amide bonds. The number of fused-ring (bicyclic) bond motifs is 2. The highest BCUT2D eigenvalue weighted by Gasteiger charge is 2.34. The summed E-state index contributed by atoms with van der Waals surface area (Å²) in [5.41, 5.74) is 5.28. The number of nitrogens with one attached hydrogen (secondary N) is 1. The molecule has 5 aromatic rings. The second-order valence-corrected chi connectivity index (χ2v) is 10.3. The summed E-state index contributed by atoms with van der Waals surface area (Å²) in [4.78, 5) is 17.3. The summed E-state index contributed by atoms with van der Waals surface area (Å²) in [6.07, 6.45) is -1.10. The van der Waals surface area contributed by atoms with Crippen molar-refractivity contribution in [2.45, 2.75) is 52.4 Å². The summed E-state index contributed by atoms with van der Waals surface area (Å²) in [6.45, 7) is 4.36. The van der Waals surface area contributed by atoms with Gasteiger partial charge in [-0.05, 0) is 30.0 Å². The van der Waals surface area contributed by atoms with Crippen molar-refractivity contribution in [2.75, 3.05) is 18.6 Å². The van der Waals surface area contributed by atoms with Gasteiger partial charge in [-0.1, -0.05) is 32.0 Å². The van der Waals surface area contributed by atoms with Crippen LogP contribution in [0.1, 0.15) is 47.6 Å². The van der Waals surface area contributed by atoms with Crippen molar-refractivity contribution in [1.29, 1.82) is 0 Å². The first-order valence-electron chi connectivity index (χ1n) is 13.9. The maximum Gasteiger partial charge on any atom is 0.419 e. The zero-order valence-corrected chi connectivity index (χ0v) is 23.8. The minimum atomic E-state index is -4.55. The third kappa shape index (κ3) is 4.86. The average Bonchev–Trinajstić information content (AvgIpc) is 3.61. The first-order chi connectivity index (χ1) is 20.7. The Morgan fingerprint density at radius 1 is 1.09 bits per heavy atom. The number of alkyl halides is 3. The number of aliphatic hydroxyl groups excluding tert-OH is 1. The minimum absolute atomic E-state index is 0.0335. The van der Waals surface area contributed by atoms with Crippen molar-refractivity contribution >= 4 is 17.0 Å². The highest BCUT2D eigenvalue weighted by molar-refractivity contribution is 5.96. The molecule has 3 aromatic heterocycles. The van der Waals surface area contributed by atoms with Crippen LogP contribution in [-0.2, 0) is 38.6 Å². The van der Waals surface area contributed by atoms with Gasteiger partial charge in [0.1, 0.15) is 23.5 Å². The molecule has 224 valence electrons. The Bertz CT molecular complexity index is 1790. The van der Waals surface area contributed by atoms with Crippen molar-refractivity contribution in [3.8, 4) is 22.7 Å². The van der Waals surface area contributed by atoms with Crippen LogP contribution in [0, 0.1) is 5.82 Å². The van der Waals surface area contributed by atoms with Crippen LogP contribution in [0.4, 0.5) is 23.5 Å². The fraction of sp³-hybridized carbons (Fsp3) is 0.333. The van der Waals surface area contributed by atoms with Gasteiger partial charge in [0, 0.05) is 43.0 Å². The maximum atomic E-state index is 15.6. The van der Waals surface area contributed by atoms with E-state index in [0.29, 0.717) is 35.3 Å². The molecule has 43 heavy (non-hydrogen) atoms. The predicted octanol–water partition coefficient (Wildman–Crippen LogP) is 5.55. The first-order valence-corrected chi connectivity index (χ1v) is 13.9. The van der Waals surface area contributed by atoms with Crippen molar-refractivity contribution < 1.29 is 27.4 Å². The smallest absolute Gasteiger partial charge is 0.419 e. The molecular formula is C30H29F4N7O2. The molecule has 2 aromatic carbocycles. The Morgan fingerprint density at radius 2 is 1.79 bits per heavy atom. The second kappa shape index (κ2) is 11.0. The quantitative estimate of drug-likeness (QED) is 0.238. The number of anilines is 1. The molecule has 13 heteroatoms. The molecule has 9 nitrogen and oxygen atoms in total. The largest absolute Gasteiger partial charge is 0.492 e. The van der Waals surface area contributed by atoms with Gasteiger partial charge in [0.15, 0.2) is 11.6 Å². The first kappa shape index (κ1) is 28.6. The van der Waals surface area contributed by atoms with Gasteiger partial charge in [-0.3, -0.25) is 0 Å². The van der Waals surface area contributed by atoms with Crippen molar-refractivity contribution in [2.24, 2.45) is 0 Å². The molecule has 6 rings (SSSR count). The predicted molar refractivity (Wildman–Crippen MR) is 152 cm³/mol. The molecule has 0 saturated heterocycles. The lowest BCUT2D eigenvalue weighted by Gasteiger charge is -2.27. The van der Waals surface area contributed by atoms with Crippen LogP contribution in [0.5, 0.6) is 5.75 Å². The highest BCUT2D eigenvalue weighted by Crippen LogP contribution is 2.41. The van der Waals surface area contributed by atoms with Gasteiger partial charge in [0.05, 0.1) is 29.7 Å². The van der Waals surface area contributed by atoms with Gasteiger partial charge in [-0.25, -0.2) is 24.0 Å². The topological polar surface area (TPSA) is 105 Å². The average molecular weight is 596 g/mol. The molecule has 0 radical (unpaired) electrons. The van der Waals surface area contributed by atoms with E-state index in [1.54, 1.807) is 4.90 Å². The van der Waals surface area contributed by atoms with E-state index in [0.717, 1.165) is 53.3 Å². The van der Waals surface area contributed by atoms with Crippen molar-refractivity contribution in [1.82, 2.24) is 29.7 Å². The zero-order chi connectivity index (χ0) is 30.5. The summed E-state index contributed by atoms with van der Waals surface area (Å²) in [6, 6.07) is 7.42. The van der Waals surface area contributed by atoms with Crippen LogP contribution in [0.15, 0.2) is 36.7 Å². The number of aryl methyl sites for hydroxylation is 2. The number of methoxy groups -OCH3 is 1. The zero-order valence-electron chi connectivity index (χ0n) is 23.8. The number of hydrogen-bond acceptors (Lipinski definition) is 7. The number of aromatic amines is 1. The van der Waals surface area contributed by atoms with Crippen LogP contribution < -0.4 is 9.64 Å². The SMILES string of the molecule is CCc1cccc(CC)c1-n1nc2c(c1-c1cc(F)c(OC)c3[nH]c(CO)nc13)CN(c1ncc(C(F)(F)F)cn1)CC2. The van der Waals surface area contributed by atoms with E-state index in [1.165, 1.54) is 13.2 Å². The normalized spacial score (nSPS) is 13.5. The third-order valence-corrected chi connectivity index (χ3v) is 7.79. The van der Waals surface area contributed by atoms with Crippen molar-refractivity contribution in [3.05, 3.63) is 76.2 Å². The summed E-state index contributed by atoms with van der Waals surface area (Å²) in [5, 5.41) is 14.9. The van der Waals surface area contributed by atoms with Gasteiger partial charge in [-0.15, -0.1) is 0 Å². The van der Waals surface area contributed by atoms with E-state index < -0.39 is 24.2 Å². The molecule has 0 aliphatic carbocycles. The van der Waals surface area contributed by atoms with E-state index >= 15 is 4.39 Å². The fourth-order valence-corrected chi connectivity index (χ4v) is 5.72. The Balaban J connectivity index is 1.60. The monoisotopic (exact) mass is 595 g/mol. The number of aromatic nitrogens is 6. The molecule has 4 heterocycles. The Kier molecular flexibility index (Phi) is 7.28. The number of imidazole rings is 1. The van der Waals surface area contributed by atoms with Crippen LogP contribution in [-0.4, -0.2) is 48.5 Å². The van der Waals surface area contributed by atoms with Crippen LogP contribution in [0.25, 0.3) is 28.0 Å². The molecule has 2 N–H and O–H groups in total. The number of halogens is 4. The lowest BCUT2D eigenvalue weighted by Crippen LogP contribution is -2.31. The summed E-state index contributed by atoms with van der Waals surface area (Å²) in [7, 11) is 1.36. The highest BCUT2D eigenvalue weighted by atomic mass is 19.4. The van der Waals surface area contributed by atoms with Gasteiger partial charge >= 0.3 is 6.18 Å². The van der Waals surface area contributed by atoms with Crippen LogP contribution in [0.2, 0.25) is 0 Å². The van der Waals surface area contributed by atoms with E-state index in [4.69, 9.17) is 9.84 Å². The van der Waals surface area contributed by atoms with Crippen LogP contribution >= 0.6 is 0 Å². The summed E-state index contributed by atoms with van der Waals surface area (Å²) < 4.78 is 62.3. The van der Waals surface area contributed by atoms with Gasteiger partial charge < -0.3 is 19.7 Å². The number of benzene rings is 2. The molecule has 0 spiro atoms. The third-order valence-electron chi connectivity index (χ3n) is 7.79. The lowest BCUT2D eigenvalue weighted by molar-refractivity contribution is -0.138. The van der Waals surface area contributed by atoms with E-state index in [9.17, 15) is 18.3 Å². The standard InChI is InChI=1S/C30H29F4N7O2/c1-4-16-7-6-8-17(5-2)26(16)41-27(19-11-21(31)28(43-3)25-24(19)37-23(15-42)38-25)20-14-40(10-9-22(20)39-41)29-35-12-18(13-36-29)30(32,33)34/h6-8,11-13,42H,4-5,9-10,14-15H2,1-3H3,(H,37,38). The molecule has 0 bridgehead atoms. The van der Waals surface area contributed by atoms with E-state index in [1.807, 2.05) is 22.9 Å². The number of hydrogen-bond donors (Lipinski definition) is 2. The molecule has 1 aliphatic heterocycles. The number of aliphatic hydroxyl groups is 1. The van der Waals surface area contributed by atoms with Gasteiger partial charge in [0.2, 0.25) is 5.95 Å². The van der Waals surface area contributed by atoms with E-state index in [2.05, 4.69) is 33.8 Å². The number of H-pyrrole nitrogens is 1. The molecule has 0 saturated carbocycles. The fourth-order valence-electron chi connectivity index (χ4n) is 5.72. The van der Waals surface area contributed by atoms with Crippen molar-refractivity contribution in [3.63, 3.8) is 0 Å². The van der Waals surface area contributed by atoms with Gasteiger partial charge in [-0.2, -0.15) is 18.3 Å². The maximum absolute atomic E-state index is 15.6. The Labute approximate surface area is 244 Å². The molecule has 0 fully saturated rings. The van der Waals surface area contributed by atoms with E-state index in [-0.39, 0.29) is 24.1 Å². The summed E-state index contributed by atoms with van der Waals surface area (Å²) >= 11 is 0. The summed E-state index contributed by atoms with van der Waals surface area (Å²) in [5.74, 6) is -0.274. The lowest BCUT2D eigenvalue weighted by atomic mass is 9.98. The van der Waals surface area contributed by atoms with Gasteiger partial charge in [0.25, 0.3) is 0 Å². The van der Waals surface area contributed by atoms with Crippen LogP contribution in [0.3, 0.4) is 0 Å². The number of ether oxygens (including phenoxy) is 1. The molecule has 1 aliphatic rings. The number of nitrogens with zero attached hydrogens (tertiary/aromatic N) is 6. The minimum Gasteiger partial charge on any atom is -0.492 e. The Hall–Kier alpha value is -4.52.